The standard InChI is InChI=1S/C7H6N4O2S/c12-4(13)1-3-10-5-6(11-3)8-2-9-7(5)14/h2H,1H2,(H,12,13)(H2,8,9,10,11,14). The summed E-state index contributed by atoms with van der Waals surface area (Å²) in [4.78, 5) is 23.9. The third-order valence-corrected chi connectivity index (χ3v) is 1.98. The van der Waals surface area contributed by atoms with Gasteiger partial charge in [0.1, 0.15) is 17.8 Å². The number of aromatic nitrogens is 4. The Bertz CT molecular complexity index is 544. The van der Waals surface area contributed by atoms with E-state index in [1.807, 2.05) is 0 Å². The summed E-state index contributed by atoms with van der Waals surface area (Å²) in [6.07, 6.45) is 1.27. The quantitative estimate of drug-likeness (QED) is 0.632. The lowest BCUT2D eigenvalue weighted by molar-refractivity contribution is -0.136. The summed E-state index contributed by atoms with van der Waals surface area (Å²) in [5, 5.41) is 8.55. The molecule has 6 nitrogen and oxygen atoms in total. The van der Waals surface area contributed by atoms with Crippen molar-refractivity contribution in [3.05, 3.63) is 16.8 Å². The number of rotatable bonds is 2. The van der Waals surface area contributed by atoms with Crippen LogP contribution in [0.2, 0.25) is 0 Å². The van der Waals surface area contributed by atoms with Crippen molar-refractivity contribution in [3.8, 4) is 0 Å². The van der Waals surface area contributed by atoms with Gasteiger partial charge in [-0.3, -0.25) is 4.79 Å². The first-order chi connectivity index (χ1) is 6.66. The van der Waals surface area contributed by atoms with Crippen LogP contribution in [0.1, 0.15) is 5.82 Å². The molecule has 72 valence electrons. The van der Waals surface area contributed by atoms with Gasteiger partial charge in [-0.2, -0.15) is 0 Å². The second-order valence-electron chi connectivity index (χ2n) is 2.69. The molecule has 0 aliphatic carbocycles. The van der Waals surface area contributed by atoms with Crippen molar-refractivity contribution in [1.29, 1.82) is 0 Å². The predicted octanol–water partition coefficient (Wildman–Crippen LogP) is 0.643. The molecule has 0 aliphatic rings. The molecule has 2 heterocycles. The maximum atomic E-state index is 10.4. The molecule has 0 saturated heterocycles. The Morgan fingerprint density at radius 2 is 2.43 bits per heavy atom. The fourth-order valence-corrected chi connectivity index (χ4v) is 1.33. The minimum absolute atomic E-state index is 0.155. The number of hydrogen-bond donors (Lipinski definition) is 3. The van der Waals surface area contributed by atoms with Gasteiger partial charge in [-0.25, -0.2) is 9.97 Å². The molecule has 14 heavy (non-hydrogen) atoms. The highest BCUT2D eigenvalue weighted by Gasteiger charge is 2.07. The molecule has 2 aromatic heterocycles. The van der Waals surface area contributed by atoms with Crippen LogP contribution in [0.4, 0.5) is 0 Å². The monoisotopic (exact) mass is 210 g/mol. The summed E-state index contributed by atoms with van der Waals surface area (Å²) in [5.74, 6) is -0.578. The molecule has 0 unspecified atom stereocenters. The topological polar surface area (TPSA) is 94.7 Å². The Morgan fingerprint density at radius 1 is 1.64 bits per heavy atom. The molecule has 0 amide bonds. The third kappa shape index (κ3) is 1.49. The molecule has 0 aromatic carbocycles. The van der Waals surface area contributed by atoms with E-state index in [2.05, 4.69) is 19.9 Å². The number of aliphatic carboxylic acids is 1. The Hall–Kier alpha value is -1.76. The zero-order chi connectivity index (χ0) is 10.1. The maximum absolute atomic E-state index is 10.4. The van der Waals surface area contributed by atoms with Gasteiger partial charge in [-0.05, 0) is 0 Å². The molecule has 0 radical (unpaired) electrons. The summed E-state index contributed by atoms with van der Waals surface area (Å²) < 4.78 is 0.378. The molecule has 0 aliphatic heterocycles. The lowest BCUT2D eigenvalue weighted by Crippen LogP contribution is -2.01. The first kappa shape index (κ1) is 8.82. The Morgan fingerprint density at radius 3 is 3.07 bits per heavy atom. The van der Waals surface area contributed by atoms with Gasteiger partial charge in [-0.15, -0.1) is 0 Å². The highest BCUT2D eigenvalue weighted by Crippen LogP contribution is 2.08. The van der Waals surface area contributed by atoms with Crippen molar-refractivity contribution < 1.29 is 9.90 Å². The van der Waals surface area contributed by atoms with Crippen molar-refractivity contribution in [2.45, 2.75) is 6.42 Å². The van der Waals surface area contributed by atoms with Gasteiger partial charge < -0.3 is 15.1 Å². The van der Waals surface area contributed by atoms with Crippen LogP contribution in [0.25, 0.3) is 11.2 Å². The van der Waals surface area contributed by atoms with E-state index in [0.29, 0.717) is 21.6 Å². The molecule has 0 spiro atoms. The van der Waals surface area contributed by atoms with Gasteiger partial charge in [0.15, 0.2) is 10.3 Å². The Labute approximate surface area is 83.0 Å². The lowest BCUT2D eigenvalue weighted by atomic mass is 10.4. The molecule has 7 heteroatoms. The van der Waals surface area contributed by atoms with Gasteiger partial charge >= 0.3 is 5.97 Å². The van der Waals surface area contributed by atoms with E-state index in [1.165, 1.54) is 6.33 Å². The highest BCUT2D eigenvalue weighted by atomic mass is 32.1. The first-order valence-corrected chi connectivity index (χ1v) is 4.21. The predicted molar refractivity (Wildman–Crippen MR) is 50.4 cm³/mol. The smallest absolute Gasteiger partial charge is 0.311 e. The molecule has 0 fully saturated rings. The average molecular weight is 210 g/mol. The minimum Gasteiger partial charge on any atom is -0.481 e. The molecule has 3 N–H and O–H groups in total. The molecule has 0 atom stereocenters. The fraction of sp³-hybridized carbons (Fsp3) is 0.143. The zero-order valence-electron chi connectivity index (χ0n) is 6.94. The SMILES string of the molecule is O=C(O)Cc1nc2[nH]cnc(=S)c2[nH]1. The van der Waals surface area contributed by atoms with Crippen LogP contribution in [0.5, 0.6) is 0 Å². The number of imidazole rings is 1. The summed E-state index contributed by atoms with van der Waals surface area (Å²) in [6, 6.07) is 0. The minimum atomic E-state index is -0.942. The van der Waals surface area contributed by atoms with Crippen molar-refractivity contribution in [2.75, 3.05) is 0 Å². The number of aromatic amines is 2. The molecule has 0 bridgehead atoms. The van der Waals surface area contributed by atoms with E-state index >= 15 is 0 Å². The van der Waals surface area contributed by atoms with Crippen molar-refractivity contribution in [1.82, 2.24) is 19.9 Å². The van der Waals surface area contributed by atoms with Crippen LogP contribution in [-0.4, -0.2) is 31.0 Å². The second-order valence-corrected chi connectivity index (χ2v) is 3.07. The number of hydrogen-bond acceptors (Lipinski definition) is 4. The van der Waals surface area contributed by atoms with Crippen molar-refractivity contribution in [2.24, 2.45) is 0 Å². The van der Waals surface area contributed by atoms with Gasteiger partial charge in [0.05, 0.1) is 6.33 Å². The normalized spacial score (nSPS) is 10.6. The van der Waals surface area contributed by atoms with Crippen LogP contribution < -0.4 is 0 Å². The van der Waals surface area contributed by atoms with Crippen LogP contribution in [0.3, 0.4) is 0 Å². The highest BCUT2D eigenvalue weighted by molar-refractivity contribution is 7.71. The molecule has 2 aromatic rings. The number of fused-ring (bicyclic) bond motifs is 1. The van der Waals surface area contributed by atoms with Crippen molar-refractivity contribution in [3.63, 3.8) is 0 Å². The number of carboxylic acid groups (broad SMARTS) is 1. The van der Waals surface area contributed by atoms with Gasteiger partial charge in [0, 0.05) is 0 Å². The number of H-pyrrole nitrogens is 2. The summed E-state index contributed by atoms with van der Waals surface area (Å²) >= 11 is 4.93. The van der Waals surface area contributed by atoms with Crippen LogP contribution >= 0.6 is 12.2 Å². The van der Waals surface area contributed by atoms with Crippen LogP contribution in [0.15, 0.2) is 6.33 Å². The van der Waals surface area contributed by atoms with E-state index in [4.69, 9.17) is 17.3 Å². The van der Waals surface area contributed by atoms with E-state index in [0.717, 1.165) is 0 Å². The third-order valence-electron chi connectivity index (χ3n) is 1.67. The Balaban J connectivity index is 2.57. The van der Waals surface area contributed by atoms with Crippen molar-refractivity contribution >= 4 is 29.4 Å². The fourth-order valence-electron chi connectivity index (χ4n) is 1.13. The van der Waals surface area contributed by atoms with Gasteiger partial charge in [0.2, 0.25) is 0 Å². The molecule has 2 rings (SSSR count). The van der Waals surface area contributed by atoms with E-state index < -0.39 is 5.97 Å². The number of carbonyl (C=O) groups is 1. The van der Waals surface area contributed by atoms with E-state index in [1.54, 1.807) is 0 Å². The van der Waals surface area contributed by atoms with E-state index in [-0.39, 0.29) is 6.42 Å². The summed E-state index contributed by atoms with van der Waals surface area (Å²) in [7, 11) is 0. The number of nitrogens with zero attached hydrogens (tertiary/aromatic N) is 2. The Kier molecular flexibility index (Phi) is 2.01. The van der Waals surface area contributed by atoms with E-state index in [9.17, 15) is 4.79 Å². The van der Waals surface area contributed by atoms with Gasteiger partial charge in [0.25, 0.3) is 0 Å². The van der Waals surface area contributed by atoms with Crippen LogP contribution in [-0.2, 0) is 11.2 Å². The molecular formula is C7H6N4O2S. The molecular weight excluding hydrogens is 204 g/mol. The van der Waals surface area contributed by atoms with Gasteiger partial charge in [-0.1, -0.05) is 12.2 Å². The average Bonchev–Trinajstić information content (AvgIpc) is 2.47. The zero-order valence-corrected chi connectivity index (χ0v) is 7.76. The first-order valence-electron chi connectivity index (χ1n) is 3.81. The lowest BCUT2D eigenvalue weighted by Gasteiger charge is -1.86. The maximum Gasteiger partial charge on any atom is 0.311 e. The number of carboxylic acids is 1. The number of nitrogens with one attached hydrogen (secondary N) is 2. The summed E-state index contributed by atoms with van der Waals surface area (Å²) in [6.45, 7) is 0. The second kappa shape index (κ2) is 3.18. The largest absolute Gasteiger partial charge is 0.481 e. The molecule has 0 saturated carbocycles. The van der Waals surface area contributed by atoms with Crippen LogP contribution in [0, 0.1) is 4.64 Å². The summed E-state index contributed by atoms with van der Waals surface area (Å²) in [5.41, 5.74) is 1.10.